The van der Waals surface area contributed by atoms with Crippen molar-refractivity contribution < 1.29 is 0 Å². The molecule has 0 unspecified atom stereocenters. The fraction of sp³-hybridized carbons (Fsp3) is 0.0606. The van der Waals surface area contributed by atoms with Crippen LogP contribution in [-0.2, 0) is 0 Å². The van der Waals surface area contributed by atoms with E-state index in [2.05, 4.69) is 193 Å². The average molecular weight is 1010 g/mol. The van der Waals surface area contributed by atoms with Crippen molar-refractivity contribution >= 4 is 133 Å². The van der Waals surface area contributed by atoms with Crippen molar-refractivity contribution in [2.45, 2.75) is 27.7 Å². The molecular formula is C66H44N12. The molecule has 0 spiro atoms. The SMILES string of the molecule is Cc1cc2c(cc1C)N(c1ccc3ccc4cccnc4c3n1)C(=C1N(c3ccc4ccc5cccnc5c4n3)c3cc(C)c(C)cc3N1c1ccc3ccc4cccnc4c3n1)N2c1ccc2ccc3cccnc3c2n1. The van der Waals surface area contributed by atoms with Gasteiger partial charge in [-0.25, -0.2) is 19.9 Å². The standard InChI is InChI=1S/C66H44N12/c1-37-33-49-50(34-38(37)2)76(54-26-22-46-18-14-42-10-6-30-68-58(42)62(46)72-54)65(75(49)53-25-21-45-17-13-41-9-5-29-67-57(41)61(45)71-53)66-77(55-27-23-47-19-15-43-11-7-31-69-59(43)63(47)73-55)51-35-39(3)40(4)36-52(51)78(66)56-28-24-48-20-16-44-12-8-32-70-60(44)64(48)74-56/h5-36H,1-4H3. The number of nitrogens with zero attached hydrogens (tertiary/aromatic N) is 12. The van der Waals surface area contributed by atoms with Crippen molar-refractivity contribution in [3.8, 4) is 0 Å². The molecule has 2 aliphatic rings. The Kier molecular flexibility index (Phi) is 9.30. The third-order valence-electron chi connectivity index (χ3n) is 15.8. The summed E-state index contributed by atoms with van der Waals surface area (Å²) in [6.07, 6.45) is 7.36. The van der Waals surface area contributed by atoms with E-state index in [-0.39, 0.29) is 0 Å². The summed E-state index contributed by atoms with van der Waals surface area (Å²) >= 11 is 0. The van der Waals surface area contributed by atoms with Crippen molar-refractivity contribution in [3.63, 3.8) is 0 Å². The summed E-state index contributed by atoms with van der Waals surface area (Å²) in [5, 5.41) is 7.96. The van der Waals surface area contributed by atoms with Gasteiger partial charge in [0.1, 0.15) is 23.3 Å². The normalized spacial score (nSPS) is 13.5. The van der Waals surface area contributed by atoms with Crippen LogP contribution >= 0.6 is 0 Å². The van der Waals surface area contributed by atoms with Crippen LogP contribution in [0, 0.1) is 27.7 Å². The summed E-state index contributed by atoms with van der Waals surface area (Å²) in [6.45, 7) is 8.69. The Morgan fingerprint density at radius 1 is 0.244 bits per heavy atom. The second-order valence-corrected chi connectivity index (χ2v) is 20.4. The lowest BCUT2D eigenvalue weighted by Crippen LogP contribution is -2.34. The van der Waals surface area contributed by atoms with Gasteiger partial charge in [-0.3, -0.25) is 39.5 Å². The van der Waals surface area contributed by atoms with Gasteiger partial charge in [0.05, 0.1) is 66.9 Å². The first-order chi connectivity index (χ1) is 38.3. The van der Waals surface area contributed by atoms with Crippen LogP contribution in [0.5, 0.6) is 0 Å². The van der Waals surface area contributed by atoms with Crippen LogP contribution in [0.4, 0.5) is 46.0 Å². The quantitative estimate of drug-likeness (QED) is 0.156. The number of aryl methyl sites for hydroxylation is 4. The highest BCUT2D eigenvalue weighted by molar-refractivity contribution is 6.09. The second-order valence-electron chi connectivity index (χ2n) is 20.4. The molecule has 14 aromatic rings. The minimum absolute atomic E-state index is 0.689. The van der Waals surface area contributed by atoms with Crippen LogP contribution < -0.4 is 19.6 Å². The second kappa shape index (κ2) is 16.5. The molecule has 0 aliphatic carbocycles. The molecule has 0 bridgehead atoms. The molecule has 6 aromatic carbocycles. The van der Waals surface area contributed by atoms with Crippen molar-refractivity contribution in [1.82, 2.24) is 39.9 Å². The number of fused-ring (bicyclic) bond motifs is 14. The van der Waals surface area contributed by atoms with Gasteiger partial charge >= 0.3 is 0 Å². The number of hydrogen-bond donors (Lipinski definition) is 0. The van der Waals surface area contributed by atoms with E-state index < -0.39 is 0 Å². The monoisotopic (exact) mass is 1000 g/mol. The molecule has 8 aromatic heterocycles. The van der Waals surface area contributed by atoms with Crippen LogP contribution in [-0.4, -0.2) is 39.9 Å². The number of benzene rings is 6. The molecule has 78 heavy (non-hydrogen) atoms. The topological polar surface area (TPSA) is 116 Å². The average Bonchev–Trinajstić information content (AvgIpc) is 4.01. The fourth-order valence-electron chi connectivity index (χ4n) is 11.6. The molecule has 0 atom stereocenters. The predicted molar refractivity (Wildman–Crippen MR) is 316 cm³/mol. The summed E-state index contributed by atoms with van der Waals surface area (Å²) in [6, 6.07) is 59.4. The molecule has 368 valence electrons. The van der Waals surface area contributed by atoms with Gasteiger partial charge < -0.3 is 0 Å². The highest BCUT2D eigenvalue weighted by Crippen LogP contribution is 2.58. The van der Waals surface area contributed by atoms with E-state index in [0.717, 1.165) is 144 Å². The van der Waals surface area contributed by atoms with Gasteiger partial charge in [0.15, 0.2) is 11.6 Å². The Hall–Kier alpha value is -10.5. The molecule has 0 saturated carbocycles. The van der Waals surface area contributed by atoms with Gasteiger partial charge in [-0.05, 0) is 147 Å². The number of pyridine rings is 8. The number of rotatable bonds is 4. The zero-order chi connectivity index (χ0) is 51.9. The van der Waals surface area contributed by atoms with Crippen LogP contribution in [0.25, 0.3) is 87.2 Å². The third-order valence-corrected chi connectivity index (χ3v) is 15.8. The smallest absolute Gasteiger partial charge is 0.168 e. The zero-order valence-corrected chi connectivity index (χ0v) is 42.8. The van der Waals surface area contributed by atoms with E-state index in [1.54, 1.807) is 0 Å². The molecule has 12 heteroatoms. The third kappa shape index (κ3) is 6.46. The lowest BCUT2D eigenvalue weighted by molar-refractivity contribution is 0.973. The van der Waals surface area contributed by atoms with Crippen molar-refractivity contribution in [1.29, 1.82) is 0 Å². The molecule has 2 aliphatic heterocycles. The van der Waals surface area contributed by atoms with E-state index in [4.69, 9.17) is 39.9 Å². The zero-order valence-electron chi connectivity index (χ0n) is 42.8. The fourth-order valence-corrected chi connectivity index (χ4v) is 11.6. The van der Waals surface area contributed by atoms with E-state index in [1.165, 1.54) is 0 Å². The highest BCUT2D eigenvalue weighted by Gasteiger charge is 2.46. The van der Waals surface area contributed by atoms with Crippen molar-refractivity contribution in [2.24, 2.45) is 0 Å². The van der Waals surface area contributed by atoms with E-state index in [9.17, 15) is 0 Å². The maximum atomic E-state index is 5.69. The lowest BCUT2D eigenvalue weighted by atomic mass is 10.1. The van der Waals surface area contributed by atoms with Gasteiger partial charge in [0.2, 0.25) is 0 Å². The summed E-state index contributed by atoms with van der Waals surface area (Å²) in [7, 11) is 0. The van der Waals surface area contributed by atoms with Gasteiger partial charge in [0.25, 0.3) is 0 Å². The first-order valence-corrected chi connectivity index (χ1v) is 26.1. The molecule has 12 nitrogen and oxygen atoms in total. The van der Waals surface area contributed by atoms with Crippen LogP contribution in [0.3, 0.4) is 0 Å². The maximum absolute atomic E-state index is 5.69. The highest BCUT2D eigenvalue weighted by atomic mass is 15.5. The van der Waals surface area contributed by atoms with Gasteiger partial charge in [-0.1, -0.05) is 72.8 Å². The summed E-state index contributed by atoms with van der Waals surface area (Å²) in [4.78, 5) is 51.7. The van der Waals surface area contributed by atoms with Gasteiger partial charge in [-0.2, -0.15) is 0 Å². The van der Waals surface area contributed by atoms with Gasteiger partial charge in [0, 0.05) is 67.9 Å². The first kappa shape index (κ1) is 43.9. The molecule has 0 fully saturated rings. The Labute approximate surface area is 446 Å². The minimum atomic E-state index is 0.689. The van der Waals surface area contributed by atoms with E-state index >= 15 is 0 Å². The van der Waals surface area contributed by atoms with Crippen molar-refractivity contribution in [2.75, 3.05) is 19.6 Å². The molecular weight excluding hydrogens is 961 g/mol. The minimum Gasteiger partial charge on any atom is -0.275 e. The van der Waals surface area contributed by atoms with Crippen molar-refractivity contribution in [3.05, 3.63) is 229 Å². The predicted octanol–water partition coefficient (Wildman–Crippen LogP) is 15.7. The summed E-state index contributed by atoms with van der Waals surface area (Å²) in [5.41, 5.74) is 14.6. The molecule has 0 saturated heterocycles. The van der Waals surface area contributed by atoms with Gasteiger partial charge in [-0.15, -0.1) is 0 Å². The Bertz CT molecular complexity index is 4360. The molecule has 0 N–H and O–H groups in total. The Balaban J connectivity index is 1.09. The lowest BCUT2D eigenvalue weighted by Gasteiger charge is -2.33. The van der Waals surface area contributed by atoms with E-state index in [0.29, 0.717) is 23.3 Å². The number of aromatic nitrogens is 8. The maximum Gasteiger partial charge on any atom is 0.168 e. The Morgan fingerprint density at radius 3 is 0.679 bits per heavy atom. The molecule has 0 radical (unpaired) electrons. The summed E-state index contributed by atoms with van der Waals surface area (Å²) in [5.74, 6) is 4.25. The number of anilines is 8. The largest absolute Gasteiger partial charge is 0.275 e. The molecule has 10 heterocycles. The summed E-state index contributed by atoms with van der Waals surface area (Å²) < 4.78 is 0. The van der Waals surface area contributed by atoms with Crippen LogP contribution in [0.15, 0.2) is 206 Å². The van der Waals surface area contributed by atoms with Crippen LogP contribution in [0.2, 0.25) is 0 Å². The number of hydrogen-bond acceptors (Lipinski definition) is 12. The molecule has 0 amide bonds. The van der Waals surface area contributed by atoms with E-state index in [1.807, 2.05) is 49.1 Å². The molecule has 16 rings (SSSR count). The van der Waals surface area contributed by atoms with Crippen LogP contribution in [0.1, 0.15) is 22.3 Å². The Morgan fingerprint density at radius 2 is 0.449 bits per heavy atom. The first-order valence-electron chi connectivity index (χ1n) is 26.1.